The van der Waals surface area contributed by atoms with E-state index >= 15 is 0 Å². The molecule has 0 spiro atoms. The average Bonchev–Trinajstić information content (AvgIpc) is 2.02. The second kappa shape index (κ2) is 2.58. The molecule has 1 aliphatic heterocycles. The molecule has 6 nitrogen and oxygen atoms in total. The minimum absolute atomic E-state index is 0.00111. The first-order chi connectivity index (χ1) is 6.16. The minimum atomic E-state index is -0.231. The standard InChI is InChI=1S/C7H8N4O2/c1-3-5-6(11-7(8)9-3)10-4(12)2-13-5/h2H2,1H3,(H3,8,9,10,11,12). The van der Waals surface area contributed by atoms with Crippen LogP contribution >= 0.6 is 0 Å². The van der Waals surface area contributed by atoms with Crippen LogP contribution in [0.3, 0.4) is 0 Å². The summed E-state index contributed by atoms with van der Waals surface area (Å²) in [5.41, 5.74) is 6.03. The normalized spacial score (nSPS) is 14.4. The maximum atomic E-state index is 10.9. The predicted molar refractivity (Wildman–Crippen MR) is 45.3 cm³/mol. The number of ether oxygens (including phenoxy) is 1. The van der Waals surface area contributed by atoms with Crippen molar-refractivity contribution in [3.63, 3.8) is 0 Å². The van der Waals surface area contributed by atoms with E-state index in [0.717, 1.165) is 0 Å². The number of nitrogen functional groups attached to an aromatic ring is 1. The third-order valence-corrected chi connectivity index (χ3v) is 1.66. The van der Waals surface area contributed by atoms with Crippen LogP contribution in [0.5, 0.6) is 5.75 Å². The number of aryl methyl sites for hydroxylation is 1. The number of anilines is 2. The molecule has 0 unspecified atom stereocenters. The first-order valence-corrected chi connectivity index (χ1v) is 3.73. The summed E-state index contributed by atoms with van der Waals surface area (Å²) in [4.78, 5) is 18.6. The molecule has 6 heteroatoms. The van der Waals surface area contributed by atoms with Crippen LogP contribution in [0, 0.1) is 6.92 Å². The van der Waals surface area contributed by atoms with Gasteiger partial charge in [0.25, 0.3) is 5.91 Å². The summed E-state index contributed by atoms with van der Waals surface area (Å²) in [6.45, 7) is 1.75. The van der Waals surface area contributed by atoms with Gasteiger partial charge in [0.2, 0.25) is 5.95 Å². The average molecular weight is 180 g/mol. The van der Waals surface area contributed by atoms with Crippen molar-refractivity contribution in [3.05, 3.63) is 5.69 Å². The molecule has 2 rings (SSSR count). The Hall–Kier alpha value is -1.85. The molecular weight excluding hydrogens is 172 g/mol. The molecule has 1 amide bonds. The molecule has 13 heavy (non-hydrogen) atoms. The number of rotatable bonds is 0. The topological polar surface area (TPSA) is 90.1 Å². The van der Waals surface area contributed by atoms with Gasteiger partial charge in [0.15, 0.2) is 18.2 Å². The van der Waals surface area contributed by atoms with E-state index in [1.807, 2.05) is 0 Å². The van der Waals surface area contributed by atoms with Gasteiger partial charge in [-0.1, -0.05) is 0 Å². The zero-order valence-electron chi connectivity index (χ0n) is 7.00. The van der Waals surface area contributed by atoms with Gasteiger partial charge in [-0.2, -0.15) is 4.98 Å². The lowest BCUT2D eigenvalue weighted by molar-refractivity contribution is -0.118. The van der Waals surface area contributed by atoms with E-state index in [4.69, 9.17) is 10.5 Å². The lowest BCUT2D eigenvalue weighted by Gasteiger charge is -2.17. The van der Waals surface area contributed by atoms with Crippen LogP contribution in [0.15, 0.2) is 0 Å². The molecule has 3 N–H and O–H groups in total. The maximum absolute atomic E-state index is 10.9. The van der Waals surface area contributed by atoms with Crippen molar-refractivity contribution in [1.29, 1.82) is 0 Å². The summed E-state index contributed by atoms with van der Waals surface area (Å²) < 4.78 is 5.13. The highest BCUT2D eigenvalue weighted by molar-refractivity contribution is 5.94. The summed E-state index contributed by atoms with van der Waals surface area (Å²) in [5, 5.41) is 2.55. The van der Waals surface area contributed by atoms with Crippen molar-refractivity contribution in [3.8, 4) is 5.75 Å². The van der Waals surface area contributed by atoms with Crippen LogP contribution in [0.2, 0.25) is 0 Å². The van der Waals surface area contributed by atoms with E-state index in [0.29, 0.717) is 17.3 Å². The zero-order valence-corrected chi connectivity index (χ0v) is 7.00. The molecule has 0 bridgehead atoms. The van der Waals surface area contributed by atoms with E-state index < -0.39 is 0 Å². The number of nitrogens with two attached hydrogens (primary N) is 1. The summed E-state index contributed by atoms with van der Waals surface area (Å²) in [6.07, 6.45) is 0. The number of nitrogens with one attached hydrogen (secondary N) is 1. The summed E-state index contributed by atoms with van der Waals surface area (Å²) in [7, 11) is 0. The number of amides is 1. The van der Waals surface area contributed by atoms with E-state index in [2.05, 4.69) is 15.3 Å². The number of nitrogens with zero attached hydrogens (tertiary/aromatic N) is 2. The number of fused-ring (bicyclic) bond motifs is 1. The highest BCUT2D eigenvalue weighted by Gasteiger charge is 2.20. The predicted octanol–water partition coefficient (Wildman–Crippen LogP) is -0.302. The third kappa shape index (κ3) is 1.26. The SMILES string of the molecule is Cc1nc(N)nc2c1OCC(=O)N2. The zero-order chi connectivity index (χ0) is 9.42. The van der Waals surface area contributed by atoms with Gasteiger partial charge in [-0.15, -0.1) is 0 Å². The second-order valence-corrected chi connectivity index (χ2v) is 2.68. The Balaban J connectivity index is 2.53. The largest absolute Gasteiger partial charge is 0.478 e. The van der Waals surface area contributed by atoms with Crippen LogP contribution in [-0.2, 0) is 4.79 Å². The highest BCUT2D eigenvalue weighted by Crippen LogP contribution is 2.28. The molecule has 1 aliphatic rings. The Labute approximate surface area is 74.1 Å². The Kier molecular flexibility index (Phi) is 1.54. The van der Waals surface area contributed by atoms with Gasteiger partial charge >= 0.3 is 0 Å². The van der Waals surface area contributed by atoms with Crippen molar-refractivity contribution < 1.29 is 9.53 Å². The minimum Gasteiger partial charge on any atom is -0.478 e. The smallest absolute Gasteiger partial charge is 0.263 e. The second-order valence-electron chi connectivity index (χ2n) is 2.68. The highest BCUT2D eigenvalue weighted by atomic mass is 16.5. The maximum Gasteiger partial charge on any atom is 0.263 e. The molecule has 68 valence electrons. The van der Waals surface area contributed by atoms with Gasteiger partial charge < -0.3 is 15.8 Å². The monoisotopic (exact) mass is 180 g/mol. The molecule has 1 aromatic rings. The van der Waals surface area contributed by atoms with Crippen LogP contribution in [-0.4, -0.2) is 22.5 Å². The van der Waals surface area contributed by atoms with Crippen molar-refractivity contribution in [2.75, 3.05) is 17.7 Å². The number of hydrogen-bond donors (Lipinski definition) is 2. The first-order valence-electron chi connectivity index (χ1n) is 3.73. The van der Waals surface area contributed by atoms with Gasteiger partial charge in [0.05, 0.1) is 5.69 Å². The number of hydrogen-bond acceptors (Lipinski definition) is 5. The van der Waals surface area contributed by atoms with E-state index in [9.17, 15) is 4.79 Å². The molecule has 0 radical (unpaired) electrons. The summed E-state index contributed by atoms with van der Waals surface area (Å²) >= 11 is 0. The third-order valence-electron chi connectivity index (χ3n) is 1.66. The molecular formula is C7H8N4O2. The summed E-state index contributed by atoms with van der Waals surface area (Å²) in [6, 6.07) is 0. The van der Waals surface area contributed by atoms with Gasteiger partial charge in [0, 0.05) is 0 Å². The molecule has 2 heterocycles. The number of carbonyl (C=O) groups is 1. The molecule has 0 fully saturated rings. The van der Waals surface area contributed by atoms with E-state index in [1.54, 1.807) is 6.92 Å². The van der Waals surface area contributed by atoms with Crippen LogP contribution in [0.1, 0.15) is 5.69 Å². The Morgan fingerprint density at radius 2 is 2.31 bits per heavy atom. The molecule has 1 aromatic heterocycles. The fourth-order valence-electron chi connectivity index (χ4n) is 1.15. The summed E-state index contributed by atoms with van der Waals surface area (Å²) in [5.74, 6) is 0.738. The Bertz CT molecular complexity index is 377. The fourth-order valence-corrected chi connectivity index (χ4v) is 1.15. The van der Waals surface area contributed by atoms with Gasteiger partial charge in [0.1, 0.15) is 0 Å². The van der Waals surface area contributed by atoms with Gasteiger partial charge in [-0.05, 0) is 6.92 Å². The van der Waals surface area contributed by atoms with Crippen molar-refractivity contribution in [2.24, 2.45) is 0 Å². The fraction of sp³-hybridized carbons (Fsp3) is 0.286. The van der Waals surface area contributed by atoms with Crippen molar-refractivity contribution in [2.45, 2.75) is 6.92 Å². The van der Waals surface area contributed by atoms with Crippen LogP contribution in [0.4, 0.5) is 11.8 Å². The lowest BCUT2D eigenvalue weighted by Crippen LogP contribution is -2.27. The molecule has 0 saturated carbocycles. The molecule has 0 aromatic carbocycles. The quantitative estimate of drug-likeness (QED) is 0.572. The number of aromatic nitrogens is 2. The molecule has 0 saturated heterocycles. The Morgan fingerprint density at radius 3 is 3.08 bits per heavy atom. The lowest BCUT2D eigenvalue weighted by atomic mass is 10.3. The van der Waals surface area contributed by atoms with Gasteiger partial charge in [-0.3, -0.25) is 4.79 Å². The molecule has 0 aliphatic carbocycles. The van der Waals surface area contributed by atoms with Crippen molar-refractivity contribution in [1.82, 2.24) is 9.97 Å². The van der Waals surface area contributed by atoms with E-state index in [-0.39, 0.29) is 18.5 Å². The molecule has 0 atom stereocenters. The van der Waals surface area contributed by atoms with Gasteiger partial charge in [-0.25, -0.2) is 4.98 Å². The van der Waals surface area contributed by atoms with E-state index in [1.165, 1.54) is 0 Å². The van der Waals surface area contributed by atoms with Crippen molar-refractivity contribution >= 4 is 17.7 Å². The first kappa shape index (κ1) is 7.78. The Morgan fingerprint density at radius 1 is 1.54 bits per heavy atom. The van der Waals surface area contributed by atoms with Crippen LogP contribution in [0.25, 0.3) is 0 Å². The number of carbonyl (C=O) groups excluding carboxylic acids is 1. The van der Waals surface area contributed by atoms with Crippen LogP contribution < -0.4 is 15.8 Å².